The highest BCUT2D eigenvalue weighted by molar-refractivity contribution is 5.81. The number of carbonyl (C=O) groups excluding carboxylic acids is 1. The van der Waals surface area contributed by atoms with Crippen LogP contribution in [0.1, 0.15) is 39.5 Å². The lowest BCUT2D eigenvalue weighted by Crippen LogP contribution is -2.45. The predicted molar refractivity (Wildman–Crippen MR) is 53.5 cm³/mol. The molecule has 1 amide bonds. The molecule has 0 aliphatic carbocycles. The number of amides is 1. The van der Waals surface area contributed by atoms with Gasteiger partial charge >= 0.3 is 0 Å². The minimum Gasteiger partial charge on any atom is -0.353 e. The minimum absolute atomic E-state index is 0.0462. The highest BCUT2D eigenvalue weighted by Gasteiger charge is 2.19. The van der Waals surface area contributed by atoms with Crippen LogP contribution in [0.3, 0.4) is 0 Å². The molecule has 0 aromatic rings. The quantitative estimate of drug-likeness (QED) is 0.673. The summed E-state index contributed by atoms with van der Waals surface area (Å²) in [6.45, 7) is 4.97. The standard InChI is InChI=1S/C10H20N2O/c1-8(2)12-10(13)9-6-4-3-5-7-11-9/h8-9,11H,3-7H2,1-2H3,(H,12,13)/t9-/m1/s1. The molecule has 76 valence electrons. The number of nitrogens with one attached hydrogen (secondary N) is 2. The second kappa shape index (κ2) is 5.22. The summed E-state index contributed by atoms with van der Waals surface area (Å²) in [7, 11) is 0. The zero-order valence-corrected chi connectivity index (χ0v) is 8.60. The molecule has 0 bridgehead atoms. The van der Waals surface area contributed by atoms with Crippen molar-refractivity contribution in [3.05, 3.63) is 0 Å². The lowest BCUT2D eigenvalue weighted by atomic mass is 10.1. The van der Waals surface area contributed by atoms with Crippen molar-refractivity contribution in [2.75, 3.05) is 6.54 Å². The fourth-order valence-electron chi connectivity index (χ4n) is 1.64. The molecular weight excluding hydrogens is 164 g/mol. The van der Waals surface area contributed by atoms with Gasteiger partial charge in [-0.25, -0.2) is 0 Å². The summed E-state index contributed by atoms with van der Waals surface area (Å²) in [5.74, 6) is 0.164. The van der Waals surface area contributed by atoms with E-state index in [0.29, 0.717) is 0 Å². The van der Waals surface area contributed by atoms with Gasteiger partial charge in [-0.2, -0.15) is 0 Å². The molecule has 0 spiro atoms. The van der Waals surface area contributed by atoms with Gasteiger partial charge in [0.15, 0.2) is 0 Å². The maximum atomic E-state index is 11.6. The molecule has 1 fully saturated rings. The number of hydrogen-bond acceptors (Lipinski definition) is 2. The van der Waals surface area contributed by atoms with Crippen LogP contribution in [-0.2, 0) is 4.79 Å². The minimum atomic E-state index is 0.0462. The number of hydrogen-bond donors (Lipinski definition) is 2. The van der Waals surface area contributed by atoms with Crippen LogP contribution >= 0.6 is 0 Å². The van der Waals surface area contributed by atoms with Crippen LogP contribution in [0.15, 0.2) is 0 Å². The Morgan fingerprint density at radius 2 is 2.15 bits per heavy atom. The highest BCUT2D eigenvalue weighted by atomic mass is 16.2. The summed E-state index contributed by atoms with van der Waals surface area (Å²) in [6.07, 6.45) is 4.60. The Morgan fingerprint density at radius 3 is 2.85 bits per heavy atom. The summed E-state index contributed by atoms with van der Waals surface area (Å²) in [5.41, 5.74) is 0. The first kappa shape index (κ1) is 10.5. The van der Waals surface area contributed by atoms with Crippen LogP contribution in [0, 0.1) is 0 Å². The van der Waals surface area contributed by atoms with Crippen LogP contribution in [0.5, 0.6) is 0 Å². The molecule has 0 unspecified atom stereocenters. The average molecular weight is 184 g/mol. The van der Waals surface area contributed by atoms with Crippen molar-refractivity contribution in [3.63, 3.8) is 0 Å². The van der Waals surface area contributed by atoms with Gasteiger partial charge in [-0.05, 0) is 33.2 Å². The molecule has 0 saturated carbocycles. The monoisotopic (exact) mass is 184 g/mol. The Balaban J connectivity index is 2.35. The molecule has 0 aromatic carbocycles. The Bertz CT molecular complexity index is 160. The summed E-state index contributed by atoms with van der Waals surface area (Å²) in [5, 5.41) is 6.21. The molecule has 3 heteroatoms. The summed E-state index contributed by atoms with van der Waals surface area (Å²) >= 11 is 0. The van der Waals surface area contributed by atoms with E-state index in [4.69, 9.17) is 0 Å². The normalized spacial score (nSPS) is 24.1. The fourth-order valence-corrected chi connectivity index (χ4v) is 1.64. The van der Waals surface area contributed by atoms with Crippen LogP contribution in [-0.4, -0.2) is 24.5 Å². The average Bonchev–Trinajstić information content (AvgIpc) is 2.29. The van der Waals surface area contributed by atoms with Gasteiger partial charge in [0.05, 0.1) is 6.04 Å². The first-order chi connectivity index (χ1) is 6.20. The summed E-state index contributed by atoms with van der Waals surface area (Å²) in [6, 6.07) is 0.294. The van der Waals surface area contributed by atoms with E-state index < -0.39 is 0 Å². The maximum Gasteiger partial charge on any atom is 0.237 e. The van der Waals surface area contributed by atoms with Gasteiger partial charge in [-0.15, -0.1) is 0 Å². The van der Waals surface area contributed by atoms with E-state index in [-0.39, 0.29) is 18.0 Å². The van der Waals surface area contributed by atoms with Crippen LogP contribution in [0.4, 0.5) is 0 Å². The lowest BCUT2D eigenvalue weighted by Gasteiger charge is -2.17. The molecule has 1 aliphatic rings. The van der Waals surface area contributed by atoms with Gasteiger partial charge in [-0.1, -0.05) is 12.8 Å². The second-order valence-electron chi connectivity index (χ2n) is 4.02. The van der Waals surface area contributed by atoms with Gasteiger partial charge in [0.25, 0.3) is 0 Å². The van der Waals surface area contributed by atoms with Crippen LogP contribution in [0.2, 0.25) is 0 Å². The molecule has 1 aliphatic heterocycles. The number of carbonyl (C=O) groups is 1. The van der Waals surface area contributed by atoms with E-state index >= 15 is 0 Å². The van der Waals surface area contributed by atoms with Crippen molar-refractivity contribution in [2.24, 2.45) is 0 Å². The summed E-state index contributed by atoms with van der Waals surface area (Å²) in [4.78, 5) is 11.6. The molecule has 1 atom stereocenters. The Hall–Kier alpha value is -0.570. The molecule has 1 rings (SSSR count). The Morgan fingerprint density at radius 1 is 1.38 bits per heavy atom. The second-order valence-corrected chi connectivity index (χ2v) is 4.02. The van der Waals surface area contributed by atoms with Crippen molar-refractivity contribution in [2.45, 2.75) is 51.6 Å². The highest BCUT2D eigenvalue weighted by Crippen LogP contribution is 2.08. The largest absolute Gasteiger partial charge is 0.353 e. The Kier molecular flexibility index (Phi) is 4.22. The topological polar surface area (TPSA) is 41.1 Å². The van der Waals surface area contributed by atoms with Gasteiger partial charge < -0.3 is 10.6 Å². The molecular formula is C10H20N2O. The van der Waals surface area contributed by atoms with E-state index in [1.807, 2.05) is 13.8 Å². The molecule has 3 nitrogen and oxygen atoms in total. The number of rotatable bonds is 2. The van der Waals surface area contributed by atoms with Crippen molar-refractivity contribution in [3.8, 4) is 0 Å². The molecule has 2 N–H and O–H groups in total. The van der Waals surface area contributed by atoms with Gasteiger partial charge in [-0.3, -0.25) is 4.79 Å². The van der Waals surface area contributed by atoms with E-state index in [1.54, 1.807) is 0 Å². The van der Waals surface area contributed by atoms with Crippen molar-refractivity contribution < 1.29 is 4.79 Å². The smallest absolute Gasteiger partial charge is 0.237 e. The molecule has 13 heavy (non-hydrogen) atoms. The third-order valence-corrected chi connectivity index (χ3v) is 2.31. The maximum absolute atomic E-state index is 11.6. The van der Waals surface area contributed by atoms with E-state index in [0.717, 1.165) is 13.0 Å². The molecule has 0 radical (unpaired) electrons. The third-order valence-electron chi connectivity index (χ3n) is 2.31. The zero-order chi connectivity index (χ0) is 9.68. The first-order valence-electron chi connectivity index (χ1n) is 5.24. The van der Waals surface area contributed by atoms with E-state index in [1.165, 1.54) is 19.3 Å². The van der Waals surface area contributed by atoms with Crippen molar-refractivity contribution >= 4 is 5.91 Å². The molecule has 1 saturated heterocycles. The lowest BCUT2D eigenvalue weighted by molar-refractivity contribution is -0.123. The fraction of sp³-hybridized carbons (Fsp3) is 0.900. The SMILES string of the molecule is CC(C)NC(=O)[C@H]1CCCCCN1. The van der Waals surface area contributed by atoms with Crippen LogP contribution in [0.25, 0.3) is 0 Å². The Labute approximate surface area is 80.3 Å². The predicted octanol–water partition coefficient (Wildman–Crippen LogP) is 1.04. The first-order valence-corrected chi connectivity index (χ1v) is 5.24. The summed E-state index contributed by atoms with van der Waals surface area (Å²) < 4.78 is 0. The molecule has 0 aromatic heterocycles. The van der Waals surface area contributed by atoms with Crippen molar-refractivity contribution in [1.29, 1.82) is 0 Å². The van der Waals surface area contributed by atoms with Gasteiger partial charge in [0.2, 0.25) is 5.91 Å². The van der Waals surface area contributed by atoms with Gasteiger partial charge in [0.1, 0.15) is 0 Å². The third kappa shape index (κ3) is 3.77. The van der Waals surface area contributed by atoms with E-state index in [2.05, 4.69) is 10.6 Å². The van der Waals surface area contributed by atoms with Crippen LogP contribution < -0.4 is 10.6 Å². The van der Waals surface area contributed by atoms with Crippen molar-refractivity contribution in [1.82, 2.24) is 10.6 Å². The molecule has 1 heterocycles. The van der Waals surface area contributed by atoms with Gasteiger partial charge in [0, 0.05) is 6.04 Å². The van der Waals surface area contributed by atoms with E-state index in [9.17, 15) is 4.79 Å². The zero-order valence-electron chi connectivity index (χ0n) is 8.60.